The Kier molecular flexibility index (Phi) is 4.18. The Hall–Kier alpha value is -3.04. The summed E-state index contributed by atoms with van der Waals surface area (Å²) in [7, 11) is 1.95. The minimum absolute atomic E-state index is 0.449. The lowest BCUT2D eigenvalue weighted by molar-refractivity contribution is 0.122. The lowest BCUT2D eigenvalue weighted by Crippen LogP contribution is -2.37. The number of hydrogen-bond acceptors (Lipinski definition) is 7. The van der Waals surface area contributed by atoms with Crippen molar-refractivity contribution >= 4 is 28.6 Å². The average Bonchev–Trinajstić information content (AvgIpc) is 3.32. The Morgan fingerprint density at radius 1 is 1.07 bits per heavy atom. The van der Waals surface area contributed by atoms with E-state index in [1.54, 1.807) is 29.5 Å². The Morgan fingerprint density at radius 3 is 2.57 bits per heavy atom. The molecule has 0 bridgehead atoms. The summed E-state index contributed by atoms with van der Waals surface area (Å²) >= 11 is 6.04. The molecule has 0 atom stereocenters. The van der Waals surface area contributed by atoms with Gasteiger partial charge in [0.25, 0.3) is 5.95 Å². The smallest absolute Gasteiger partial charge is 0.254 e. The predicted octanol–water partition coefficient (Wildman–Crippen LogP) is 2.10. The molecule has 0 saturated carbocycles. The molecule has 0 amide bonds. The Balaban J connectivity index is 1.74. The summed E-state index contributed by atoms with van der Waals surface area (Å²) in [6, 6.07) is 3.86. The van der Waals surface area contributed by atoms with Crippen molar-refractivity contribution in [3.63, 3.8) is 0 Å². The number of halogens is 1. The van der Waals surface area contributed by atoms with Crippen LogP contribution in [-0.2, 0) is 11.8 Å². The minimum Gasteiger partial charge on any atom is -0.378 e. The van der Waals surface area contributed by atoms with Crippen LogP contribution in [0.25, 0.3) is 28.5 Å². The van der Waals surface area contributed by atoms with Gasteiger partial charge in [0.15, 0.2) is 17.0 Å². The van der Waals surface area contributed by atoms with E-state index >= 15 is 0 Å². The van der Waals surface area contributed by atoms with Gasteiger partial charge in [-0.3, -0.25) is 4.98 Å². The van der Waals surface area contributed by atoms with E-state index in [1.807, 2.05) is 23.7 Å². The highest BCUT2D eigenvalue weighted by molar-refractivity contribution is 6.30. The number of aromatic nitrogens is 7. The molecular formula is C18H17ClN8O. The van der Waals surface area contributed by atoms with Gasteiger partial charge >= 0.3 is 0 Å². The Bertz CT molecular complexity index is 1130. The van der Waals surface area contributed by atoms with Gasteiger partial charge < -0.3 is 14.2 Å². The van der Waals surface area contributed by atoms with Crippen LogP contribution in [0.5, 0.6) is 0 Å². The molecule has 0 radical (unpaired) electrons. The topological polar surface area (TPSA) is 86.8 Å². The molecule has 10 heteroatoms. The second-order valence-corrected chi connectivity index (χ2v) is 6.89. The molecule has 1 fully saturated rings. The molecule has 0 spiro atoms. The lowest BCUT2D eigenvalue weighted by atomic mass is 10.2. The number of pyridine rings is 1. The van der Waals surface area contributed by atoms with Crippen LogP contribution in [0, 0.1) is 0 Å². The normalized spacial score (nSPS) is 14.7. The van der Waals surface area contributed by atoms with Gasteiger partial charge in [-0.15, -0.1) is 0 Å². The van der Waals surface area contributed by atoms with Crippen molar-refractivity contribution in [2.75, 3.05) is 31.2 Å². The first-order chi connectivity index (χ1) is 13.7. The second-order valence-electron chi connectivity index (χ2n) is 6.45. The fourth-order valence-electron chi connectivity index (χ4n) is 3.30. The van der Waals surface area contributed by atoms with Gasteiger partial charge in [-0.1, -0.05) is 11.6 Å². The molecule has 0 unspecified atom stereocenters. The Labute approximate surface area is 165 Å². The first-order valence-corrected chi connectivity index (χ1v) is 9.26. The quantitative estimate of drug-likeness (QED) is 0.524. The number of rotatable bonds is 3. The van der Waals surface area contributed by atoms with Gasteiger partial charge in [0.2, 0.25) is 0 Å². The summed E-state index contributed by atoms with van der Waals surface area (Å²) < 4.78 is 9.03. The summed E-state index contributed by atoms with van der Waals surface area (Å²) in [5.74, 6) is 2.02. The van der Waals surface area contributed by atoms with Crippen molar-refractivity contribution in [3.8, 4) is 17.3 Å². The fourth-order valence-corrected chi connectivity index (χ4v) is 3.44. The number of aryl methyl sites for hydroxylation is 1. The van der Waals surface area contributed by atoms with Gasteiger partial charge in [-0.2, -0.15) is 15.1 Å². The van der Waals surface area contributed by atoms with E-state index in [2.05, 4.69) is 15.0 Å². The van der Waals surface area contributed by atoms with E-state index in [0.29, 0.717) is 24.2 Å². The maximum Gasteiger partial charge on any atom is 0.254 e. The maximum absolute atomic E-state index is 6.04. The number of imidazole rings is 1. The van der Waals surface area contributed by atoms with Gasteiger partial charge in [-0.05, 0) is 12.1 Å². The highest BCUT2D eigenvalue weighted by Gasteiger charge is 2.23. The molecule has 142 valence electrons. The van der Waals surface area contributed by atoms with E-state index in [4.69, 9.17) is 31.3 Å². The molecule has 0 aliphatic carbocycles. The van der Waals surface area contributed by atoms with Crippen LogP contribution >= 0.6 is 11.6 Å². The molecule has 1 saturated heterocycles. The third kappa shape index (κ3) is 2.88. The SMILES string of the molecule is Cn1c(-c2ccncc2)nc2c(N3CCOCC3)nc(-n3cc(Cl)cn3)nc21. The highest BCUT2D eigenvalue weighted by atomic mass is 35.5. The summed E-state index contributed by atoms with van der Waals surface area (Å²) in [5.41, 5.74) is 2.44. The van der Waals surface area contributed by atoms with Crippen LogP contribution in [-0.4, -0.2) is 60.6 Å². The predicted molar refractivity (Wildman–Crippen MR) is 105 cm³/mol. The molecular weight excluding hydrogens is 380 g/mol. The van der Waals surface area contributed by atoms with Crippen LogP contribution in [0.15, 0.2) is 36.9 Å². The number of anilines is 1. The molecule has 0 N–H and O–H groups in total. The second kappa shape index (κ2) is 6.84. The van der Waals surface area contributed by atoms with Crippen molar-refractivity contribution in [1.29, 1.82) is 0 Å². The van der Waals surface area contributed by atoms with Crippen LogP contribution < -0.4 is 4.90 Å². The van der Waals surface area contributed by atoms with Crippen LogP contribution in [0.2, 0.25) is 5.02 Å². The summed E-state index contributed by atoms with van der Waals surface area (Å²) in [4.78, 5) is 20.6. The first kappa shape index (κ1) is 17.1. The third-order valence-corrected chi connectivity index (χ3v) is 4.89. The van der Waals surface area contributed by atoms with Gasteiger partial charge in [0, 0.05) is 38.1 Å². The highest BCUT2D eigenvalue weighted by Crippen LogP contribution is 2.29. The molecule has 4 aromatic rings. The van der Waals surface area contributed by atoms with E-state index in [9.17, 15) is 0 Å². The molecule has 1 aliphatic rings. The molecule has 5 rings (SSSR count). The first-order valence-electron chi connectivity index (χ1n) is 8.89. The number of morpholine rings is 1. The molecule has 9 nitrogen and oxygen atoms in total. The van der Waals surface area contributed by atoms with E-state index in [0.717, 1.165) is 41.5 Å². The molecule has 0 aromatic carbocycles. The van der Waals surface area contributed by atoms with Crippen LogP contribution in [0.4, 0.5) is 5.82 Å². The summed E-state index contributed by atoms with van der Waals surface area (Å²) in [6.07, 6.45) is 6.75. The van der Waals surface area contributed by atoms with Crippen LogP contribution in [0.1, 0.15) is 0 Å². The Morgan fingerprint density at radius 2 is 1.86 bits per heavy atom. The van der Waals surface area contributed by atoms with Gasteiger partial charge in [0.05, 0.1) is 30.6 Å². The average molecular weight is 397 g/mol. The summed E-state index contributed by atoms with van der Waals surface area (Å²) in [6.45, 7) is 2.79. The largest absolute Gasteiger partial charge is 0.378 e. The zero-order valence-corrected chi connectivity index (χ0v) is 15.9. The maximum atomic E-state index is 6.04. The van der Waals surface area contributed by atoms with Crippen molar-refractivity contribution in [2.24, 2.45) is 7.05 Å². The van der Waals surface area contributed by atoms with E-state index in [1.165, 1.54) is 0 Å². The van der Waals surface area contributed by atoms with Gasteiger partial charge in [-0.25, -0.2) is 9.67 Å². The lowest BCUT2D eigenvalue weighted by Gasteiger charge is -2.28. The number of ether oxygens (including phenoxy) is 1. The number of nitrogens with zero attached hydrogens (tertiary/aromatic N) is 8. The van der Waals surface area contributed by atoms with Crippen molar-refractivity contribution in [2.45, 2.75) is 0 Å². The molecule has 1 aliphatic heterocycles. The zero-order chi connectivity index (χ0) is 19.1. The monoisotopic (exact) mass is 396 g/mol. The number of hydrogen-bond donors (Lipinski definition) is 0. The molecule has 28 heavy (non-hydrogen) atoms. The zero-order valence-electron chi connectivity index (χ0n) is 15.2. The fraction of sp³-hybridized carbons (Fsp3) is 0.278. The van der Waals surface area contributed by atoms with Crippen molar-refractivity contribution in [1.82, 2.24) is 34.3 Å². The van der Waals surface area contributed by atoms with Gasteiger partial charge in [0.1, 0.15) is 5.82 Å². The molecule has 5 heterocycles. The van der Waals surface area contributed by atoms with Crippen molar-refractivity contribution in [3.05, 3.63) is 41.9 Å². The molecule has 4 aromatic heterocycles. The van der Waals surface area contributed by atoms with Crippen LogP contribution in [0.3, 0.4) is 0 Å². The summed E-state index contributed by atoms with van der Waals surface area (Å²) in [5, 5.41) is 4.78. The van der Waals surface area contributed by atoms with E-state index < -0.39 is 0 Å². The number of fused-ring (bicyclic) bond motifs is 1. The van der Waals surface area contributed by atoms with Crippen molar-refractivity contribution < 1.29 is 4.74 Å². The third-order valence-electron chi connectivity index (χ3n) is 4.69. The minimum atomic E-state index is 0.449. The van der Waals surface area contributed by atoms with E-state index in [-0.39, 0.29) is 0 Å². The standard InChI is InChI=1S/C18H17ClN8O/c1-25-15(12-2-4-20-5-3-12)22-14-16(25)23-18(27-11-13(19)10-21-27)24-17(14)26-6-8-28-9-7-26/h2-5,10-11H,6-9H2,1H3.